The topological polar surface area (TPSA) is 145 Å². The summed E-state index contributed by atoms with van der Waals surface area (Å²) in [5.74, 6) is -2.53. The predicted octanol–water partition coefficient (Wildman–Crippen LogP) is 1.43. The van der Waals surface area contributed by atoms with Crippen LogP contribution in [0.25, 0.3) is 0 Å². The Labute approximate surface area is 229 Å². The number of pyridine rings is 1. The highest BCUT2D eigenvalue weighted by Gasteiger charge is 2.48. The molecule has 11 heteroatoms. The van der Waals surface area contributed by atoms with Gasteiger partial charge >= 0.3 is 5.97 Å². The number of allylic oxidation sites excluding steroid dienone is 1. The molecule has 6 atom stereocenters. The van der Waals surface area contributed by atoms with Crippen molar-refractivity contribution < 1.29 is 38.4 Å². The molecule has 39 heavy (non-hydrogen) atoms. The maximum atomic E-state index is 13.3. The van der Waals surface area contributed by atoms with Crippen LogP contribution in [0.1, 0.15) is 53.0 Å². The minimum atomic E-state index is -1.21. The normalized spacial score (nSPS) is 28.3. The number of nitrogens with one attached hydrogen (secondary N) is 2. The number of aromatic nitrogens is 1. The molecule has 3 rings (SSSR count). The Bertz CT molecular complexity index is 1020. The summed E-state index contributed by atoms with van der Waals surface area (Å²) < 4.78 is 22.8. The van der Waals surface area contributed by atoms with Gasteiger partial charge in [-0.15, -0.1) is 0 Å². The third kappa shape index (κ3) is 9.10. The van der Waals surface area contributed by atoms with Gasteiger partial charge in [0, 0.05) is 19.5 Å². The number of hydrogen-bond acceptors (Lipinski definition) is 9. The lowest BCUT2D eigenvalue weighted by Crippen LogP contribution is -2.62. The van der Waals surface area contributed by atoms with Crippen molar-refractivity contribution in [3.05, 3.63) is 42.2 Å². The maximum Gasteiger partial charge on any atom is 0.310 e. The summed E-state index contributed by atoms with van der Waals surface area (Å²) in [5.41, 5.74) is 0.587. The molecule has 0 aromatic carbocycles. The Morgan fingerprint density at radius 1 is 1.31 bits per heavy atom. The number of aliphatic hydroxyl groups is 1. The molecule has 0 saturated carbocycles. The maximum absolute atomic E-state index is 13.3. The standard InChI is InChI=1S/C28H41N3O8/c1-27(2,3)12-11-20-22(33)23(39-28(4,5)38-20)24(36-6)26(35)31-19-10-9-18(16-30-25(19)34)37-21(32)14-17-8-7-13-29-15-17/h7-8,11-13,15,18-20,22-24,33H,9-10,14,16H2,1-6H3,(H,30,34)(H,31,35)/b12-11+/t18-,19+,20-,22+,23-,24-/m1/s1. The lowest BCUT2D eigenvalue weighted by Gasteiger charge is -2.45. The van der Waals surface area contributed by atoms with Crippen molar-refractivity contribution in [3.63, 3.8) is 0 Å². The van der Waals surface area contributed by atoms with Gasteiger partial charge in [-0.1, -0.05) is 39.0 Å². The summed E-state index contributed by atoms with van der Waals surface area (Å²) in [6, 6.07) is 2.65. The first-order valence-electron chi connectivity index (χ1n) is 13.2. The molecular formula is C28H41N3O8. The summed E-state index contributed by atoms with van der Waals surface area (Å²) in [6.45, 7) is 9.59. The molecule has 2 aliphatic heterocycles. The Kier molecular flexibility index (Phi) is 10.2. The van der Waals surface area contributed by atoms with Gasteiger partial charge in [-0.25, -0.2) is 0 Å². The summed E-state index contributed by atoms with van der Waals surface area (Å²) in [4.78, 5) is 42.4. The molecule has 0 spiro atoms. The molecule has 2 aliphatic rings. The number of amides is 2. The fourth-order valence-corrected chi connectivity index (χ4v) is 4.49. The van der Waals surface area contributed by atoms with Gasteiger partial charge < -0.3 is 34.7 Å². The minimum Gasteiger partial charge on any atom is -0.460 e. The van der Waals surface area contributed by atoms with Gasteiger partial charge in [-0.2, -0.15) is 0 Å². The predicted molar refractivity (Wildman–Crippen MR) is 141 cm³/mol. The monoisotopic (exact) mass is 547 g/mol. The molecule has 0 radical (unpaired) electrons. The van der Waals surface area contributed by atoms with E-state index in [0.717, 1.165) is 5.56 Å². The SMILES string of the molecule is CO[C@@H](C(=O)N[C@H]1CC[C@@H](OC(=O)Cc2cccnc2)CNC1=O)[C@@H]1OC(C)(C)O[C@H](/C=C/C(C)(C)C)[C@@H]1O. The van der Waals surface area contributed by atoms with Crippen LogP contribution in [-0.2, 0) is 39.8 Å². The van der Waals surface area contributed by atoms with Crippen molar-refractivity contribution >= 4 is 17.8 Å². The molecule has 2 fully saturated rings. The quantitative estimate of drug-likeness (QED) is 0.325. The molecule has 0 aliphatic carbocycles. The zero-order valence-corrected chi connectivity index (χ0v) is 23.5. The van der Waals surface area contributed by atoms with Gasteiger partial charge in [0.1, 0.15) is 30.5 Å². The highest BCUT2D eigenvalue weighted by molar-refractivity contribution is 5.90. The highest BCUT2D eigenvalue weighted by Crippen LogP contribution is 2.31. The summed E-state index contributed by atoms with van der Waals surface area (Å²) in [5, 5.41) is 16.5. The summed E-state index contributed by atoms with van der Waals surface area (Å²) >= 11 is 0. The van der Waals surface area contributed by atoms with Crippen molar-refractivity contribution in [2.75, 3.05) is 13.7 Å². The van der Waals surface area contributed by atoms with Crippen LogP contribution in [0.5, 0.6) is 0 Å². The van der Waals surface area contributed by atoms with E-state index < -0.39 is 60.1 Å². The van der Waals surface area contributed by atoms with Crippen LogP contribution in [0.3, 0.4) is 0 Å². The molecule has 2 saturated heterocycles. The van der Waals surface area contributed by atoms with Crippen LogP contribution in [-0.4, -0.2) is 83.9 Å². The molecule has 3 heterocycles. The van der Waals surface area contributed by atoms with E-state index in [1.54, 1.807) is 44.4 Å². The van der Waals surface area contributed by atoms with Crippen LogP contribution in [0, 0.1) is 5.41 Å². The number of hydrogen-bond donors (Lipinski definition) is 3. The van der Waals surface area contributed by atoms with E-state index in [4.69, 9.17) is 18.9 Å². The van der Waals surface area contributed by atoms with Crippen molar-refractivity contribution in [1.82, 2.24) is 15.6 Å². The number of ether oxygens (including phenoxy) is 4. The first-order chi connectivity index (χ1) is 18.3. The molecule has 11 nitrogen and oxygen atoms in total. The molecule has 1 aromatic heterocycles. The number of nitrogens with zero attached hydrogens (tertiary/aromatic N) is 1. The van der Waals surface area contributed by atoms with E-state index in [-0.39, 0.29) is 24.8 Å². The second kappa shape index (κ2) is 13.0. The van der Waals surface area contributed by atoms with Gasteiger partial charge in [-0.05, 0) is 43.7 Å². The molecule has 0 bridgehead atoms. The number of aliphatic hydroxyl groups excluding tert-OH is 1. The summed E-state index contributed by atoms with van der Waals surface area (Å²) in [7, 11) is 1.34. The van der Waals surface area contributed by atoms with Crippen molar-refractivity contribution in [1.29, 1.82) is 0 Å². The first kappa shape index (κ1) is 30.7. The summed E-state index contributed by atoms with van der Waals surface area (Å²) in [6.07, 6.45) is 2.87. The Hall–Kier alpha value is -2.86. The van der Waals surface area contributed by atoms with E-state index in [0.29, 0.717) is 6.42 Å². The van der Waals surface area contributed by atoms with Gasteiger partial charge in [0.15, 0.2) is 11.9 Å². The van der Waals surface area contributed by atoms with Crippen LogP contribution < -0.4 is 10.6 Å². The number of methoxy groups -OCH3 is 1. The first-order valence-corrected chi connectivity index (χ1v) is 13.2. The second-order valence-electron chi connectivity index (χ2n) is 11.5. The van der Waals surface area contributed by atoms with Crippen molar-refractivity contribution in [3.8, 4) is 0 Å². The molecule has 2 amide bonds. The Morgan fingerprint density at radius 3 is 2.69 bits per heavy atom. The highest BCUT2D eigenvalue weighted by atomic mass is 16.7. The third-order valence-corrected chi connectivity index (χ3v) is 6.39. The van der Waals surface area contributed by atoms with Gasteiger partial charge in [0.25, 0.3) is 5.91 Å². The van der Waals surface area contributed by atoms with Crippen molar-refractivity contribution in [2.45, 2.75) is 96.2 Å². The minimum absolute atomic E-state index is 0.0731. The number of esters is 1. The van der Waals surface area contributed by atoms with Crippen LogP contribution >= 0.6 is 0 Å². The molecule has 3 N–H and O–H groups in total. The van der Waals surface area contributed by atoms with Crippen molar-refractivity contribution in [2.24, 2.45) is 5.41 Å². The van der Waals surface area contributed by atoms with Crippen LogP contribution in [0.4, 0.5) is 0 Å². The van der Waals surface area contributed by atoms with Crippen LogP contribution in [0.2, 0.25) is 0 Å². The Balaban J connectivity index is 1.62. The molecule has 216 valence electrons. The second-order valence-corrected chi connectivity index (χ2v) is 11.5. The zero-order chi connectivity index (χ0) is 28.8. The molecule has 0 unspecified atom stereocenters. The smallest absolute Gasteiger partial charge is 0.310 e. The van der Waals surface area contributed by atoms with Gasteiger partial charge in [-0.3, -0.25) is 19.4 Å². The van der Waals surface area contributed by atoms with E-state index in [2.05, 4.69) is 15.6 Å². The fourth-order valence-electron chi connectivity index (χ4n) is 4.49. The van der Waals surface area contributed by atoms with Crippen LogP contribution in [0.15, 0.2) is 36.7 Å². The van der Waals surface area contributed by atoms with E-state index in [1.165, 1.54) is 7.11 Å². The van der Waals surface area contributed by atoms with Gasteiger partial charge in [0.2, 0.25) is 5.91 Å². The van der Waals surface area contributed by atoms with E-state index >= 15 is 0 Å². The molecule has 1 aromatic rings. The average molecular weight is 548 g/mol. The average Bonchev–Trinajstić information content (AvgIpc) is 3.01. The third-order valence-electron chi connectivity index (χ3n) is 6.39. The van der Waals surface area contributed by atoms with E-state index in [9.17, 15) is 19.5 Å². The van der Waals surface area contributed by atoms with E-state index in [1.807, 2.05) is 26.8 Å². The number of carbonyl (C=O) groups excluding carboxylic acids is 3. The fraction of sp³-hybridized carbons (Fsp3) is 0.643. The lowest BCUT2D eigenvalue weighted by atomic mass is 9.93. The largest absolute Gasteiger partial charge is 0.460 e. The lowest BCUT2D eigenvalue weighted by molar-refractivity contribution is -0.334. The zero-order valence-electron chi connectivity index (χ0n) is 23.5. The number of rotatable bonds is 8. The Morgan fingerprint density at radius 2 is 2.05 bits per heavy atom. The number of carbonyl (C=O) groups is 3. The molecular weight excluding hydrogens is 506 g/mol. The van der Waals surface area contributed by atoms with Gasteiger partial charge in [0.05, 0.1) is 13.0 Å².